The molecule has 1 saturated heterocycles. The molecule has 1 N–H and O–H groups in total. The molecule has 3 heterocycles. The van der Waals surface area contributed by atoms with Gasteiger partial charge in [0.1, 0.15) is 17.3 Å². The first-order chi connectivity index (χ1) is 16.5. The first-order valence-corrected chi connectivity index (χ1v) is 11.6. The predicted octanol–water partition coefficient (Wildman–Crippen LogP) is 5.29. The molecule has 3 aromatic rings. The quantitative estimate of drug-likeness (QED) is 0.550. The van der Waals surface area contributed by atoms with E-state index < -0.39 is 11.5 Å². The fourth-order valence-corrected chi connectivity index (χ4v) is 4.88. The van der Waals surface area contributed by atoms with E-state index in [1.807, 2.05) is 6.07 Å². The zero-order valence-electron chi connectivity index (χ0n) is 18.4. The van der Waals surface area contributed by atoms with Crippen LogP contribution in [-0.4, -0.2) is 36.5 Å². The van der Waals surface area contributed by atoms with Crippen molar-refractivity contribution in [1.29, 1.82) is 5.26 Å². The lowest BCUT2D eigenvalue weighted by molar-refractivity contribution is -0.140. The number of hydrogen-bond donors (Lipinski definition) is 1. The van der Waals surface area contributed by atoms with Gasteiger partial charge in [-0.1, -0.05) is 23.7 Å². The number of carbonyl (C=O) groups excluding carboxylic acids is 1. The number of likely N-dealkylation sites (tertiary alicyclic amines) is 1. The second-order valence-corrected chi connectivity index (χ2v) is 9.22. The van der Waals surface area contributed by atoms with E-state index >= 15 is 0 Å². The maximum absolute atomic E-state index is 13.2. The standard InChI is InChI=1S/C26H23ClFN3O3/c27-20-13-21-23(12-19(20)22-2-1-11-33-22)34-24(15-30-21)25(32)31-9-7-26(16-29,8-10-31)14-17-3-5-18(28)6-4-17/h1-6,11-13,24,30H,7-10,14-15H2. The number of carbonyl (C=O) groups is 1. The van der Waals surface area contributed by atoms with E-state index in [4.69, 9.17) is 20.8 Å². The maximum atomic E-state index is 13.2. The van der Waals surface area contributed by atoms with Crippen LogP contribution in [0.1, 0.15) is 18.4 Å². The SMILES string of the molecule is N#CC1(Cc2ccc(F)cc2)CCN(C(=O)C2CNc3cc(Cl)c(-c4ccco4)cc3O2)CC1. The van der Waals surface area contributed by atoms with Crippen molar-refractivity contribution in [3.8, 4) is 23.1 Å². The van der Waals surface area contributed by atoms with E-state index in [0.717, 1.165) is 11.3 Å². The summed E-state index contributed by atoms with van der Waals surface area (Å²) in [6.45, 7) is 1.27. The molecule has 174 valence electrons. The van der Waals surface area contributed by atoms with E-state index in [1.165, 1.54) is 12.1 Å². The van der Waals surface area contributed by atoms with Crippen molar-refractivity contribution in [2.45, 2.75) is 25.4 Å². The minimum absolute atomic E-state index is 0.110. The molecule has 2 aliphatic heterocycles. The summed E-state index contributed by atoms with van der Waals surface area (Å²) in [7, 11) is 0. The van der Waals surface area contributed by atoms with Gasteiger partial charge in [-0.3, -0.25) is 4.79 Å². The normalized spacial score (nSPS) is 18.9. The second-order valence-electron chi connectivity index (χ2n) is 8.81. The number of ether oxygens (including phenoxy) is 1. The summed E-state index contributed by atoms with van der Waals surface area (Å²) in [5, 5.41) is 13.7. The predicted molar refractivity (Wildman–Crippen MR) is 126 cm³/mol. The Morgan fingerprint density at radius 1 is 1.24 bits per heavy atom. The number of nitrogens with zero attached hydrogens (tertiary/aromatic N) is 2. The number of halogens is 2. The van der Waals surface area contributed by atoms with Gasteiger partial charge in [0.2, 0.25) is 0 Å². The molecule has 2 aromatic carbocycles. The highest BCUT2D eigenvalue weighted by molar-refractivity contribution is 6.33. The highest BCUT2D eigenvalue weighted by atomic mass is 35.5. The van der Waals surface area contributed by atoms with E-state index in [0.29, 0.717) is 61.0 Å². The third-order valence-electron chi connectivity index (χ3n) is 6.60. The topological polar surface area (TPSA) is 78.5 Å². The number of rotatable bonds is 4. The van der Waals surface area contributed by atoms with Crippen molar-refractivity contribution in [2.24, 2.45) is 5.41 Å². The Labute approximate surface area is 201 Å². The van der Waals surface area contributed by atoms with E-state index in [9.17, 15) is 14.4 Å². The van der Waals surface area contributed by atoms with Crippen LogP contribution < -0.4 is 10.1 Å². The molecular formula is C26H23ClFN3O3. The maximum Gasteiger partial charge on any atom is 0.265 e. The number of nitriles is 1. The first kappa shape index (κ1) is 22.3. The Morgan fingerprint density at radius 3 is 2.68 bits per heavy atom. The molecule has 8 heteroatoms. The Hall–Kier alpha value is -3.50. The molecule has 0 bridgehead atoms. The van der Waals surface area contributed by atoms with Gasteiger partial charge in [-0.15, -0.1) is 0 Å². The zero-order valence-corrected chi connectivity index (χ0v) is 19.1. The van der Waals surface area contributed by atoms with Crippen molar-refractivity contribution in [2.75, 3.05) is 25.0 Å². The van der Waals surface area contributed by atoms with Crippen molar-refractivity contribution < 1.29 is 18.3 Å². The van der Waals surface area contributed by atoms with Gasteiger partial charge >= 0.3 is 0 Å². The second kappa shape index (κ2) is 9.03. The van der Waals surface area contributed by atoms with Gasteiger partial charge in [0.05, 0.1) is 35.0 Å². The molecular weight excluding hydrogens is 457 g/mol. The Kier molecular flexibility index (Phi) is 5.93. The summed E-state index contributed by atoms with van der Waals surface area (Å²) in [6.07, 6.45) is 2.55. The number of nitrogens with one attached hydrogen (secondary N) is 1. The molecule has 1 amide bonds. The molecule has 0 spiro atoms. The van der Waals surface area contributed by atoms with Gasteiger partial charge in [-0.05, 0) is 61.2 Å². The van der Waals surface area contributed by atoms with Crippen LogP contribution in [0.5, 0.6) is 5.75 Å². The molecule has 6 nitrogen and oxygen atoms in total. The van der Waals surface area contributed by atoms with Crippen LogP contribution in [0.3, 0.4) is 0 Å². The van der Waals surface area contributed by atoms with Crippen LogP contribution in [-0.2, 0) is 11.2 Å². The molecule has 5 rings (SSSR count). The van der Waals surface area contributed by atoms with Gasteiger partial charge in [0.25, 0.3) is 5.91 Å². The number of anilines is 1. The third kappa shape index (κ3) is 4.34. The molecule has 0 aliphatic carbocycles. The third-order valence-corrected chi connectivity index (χ3v) is 6.92. The van der Waals surface area contributed by atoms with E-state index in [1.54, 1.807) is 41.5 Å². The van der Waals surface area contributed by atoms with Crippen LogP contribution in [0, 0.1) is 22.6 Å². The lowest BCUT2D eigenvalue weighted by Gasteiger charge is -2.39. The monoisotopic (exact) mass is 479 g/mol. The summed E-state index contributed by atoms with van der Waals surface area (Å²) in [5.74, 6) is 0.757. The minimum Gasteiger partial charge on any atom is -0.477 e. The average molecular weight is 480 g/mol. The molecule has 1 fully saturated rings. The van der Waals surface area contributed by atoms with Crippen LogP contribution in [0.4, 0.5) is 10.1 Å². The number of piperidine rings is 1. The highest BCUT2D eigenvalue weighted by Crippen LogP contribution is 2.40. The molecule has 1 aromatic heterocycles. The number of benzene rings is 2. The van der Waals surface area contributed by atoms with Gasteiger partial charge in [0, 0.05) is 18.7 Å². The highest BCUT2D eigenvalue weighted by Gasteiger charge is 2.39. The van der Waals surface area contributed by atoms with Crippen LogP contribution in [0.25, 0.3) is 11.3 Å². The largest absolute Gasteiger partial charge is 0.477 e. The summed E-state index contributed by atoms with van der Waals surface area (Å²) in [6, 6.07) is 15.9. The van der Waals surface area contributed by atoms with Crippen LogP contribution in [0.2, 0.25) is 5.02 Å². The summed E-state index contributed by atoms with van der Waals surface area (Å²) in [5.41, 5.74) is 1.77. The van der Waals surface area contributed by atoms with Crippen molar-refractivity contribution in [1.82, 2.24) is 4.90 Å². The van der Waals surface area contributed by atoms with Gasteiger partial charge < -0.3 is 19.4 Å². The van der Waals surface area contributed by atoms with Gasteiger partial charge in [-0.25, -0.2) is 4.39 Å². The van der Waals surface area contributed by atoms with Crippen molar-refractivity contribution >= 4 is 23.2 Å². The van der Waals surface area contributed by atoms with E-state index in [-0.39, 0.29) is 11.7 Å². The number of furan rings is 1. The Morgan fingerprint density at radius 2 is 2.00 bits per heavy atom. The Bertz CT molecular complexity index is 1230. The fraction of sp³-hybridized carbons (Fsp3) is 0.308. The molecule has 34 heavy (non-hydrogen) atoms. The van der Waals surface area contributed by atoms with Gasteiger partial charge in [0.15, 0.2) is 6.10 Å². The minimum atomic E-state index is -0.676. The van der Waals surface area contributed by atoms with Crippen molar-refractivity contribution in [3.63, 3.8) is 0 Å². The lowest BCUT2D eigenvalue weighted by Crippen LogP contribution is -2.51. The average Bonchev–Trinajstić information content (AvgIpc) is 3.39. The summed E-state index contributed by atoms with van der Waals surface area (Å²) < 4.78 is 24.8. The van der Waals surface area contributed by atoms with Crippen LogP contribution >= 0.6 is 11.6 Å². The molecule has 0 saturated carbocycles. The summed E-state index contributed by atoms with van der Waals surface area (Å²) in [4.78, 5) is 15.0. The molecule has 1 unspecified atom stereocenters. The van der Waals surface area contributed by atoms with Gasteiger partial charge in [-0.2, -0.15) is 5.26 Å². The molecule has 1 atom stereocenters. The molecule has 2 aliphatic rings. The van der Waals surface area contributed by atoms with E-state index in [2.05, 4.69) is 11.4 Å². The summed E-state index contributed by atoms with van der Waals surface area (Å²) >= 11 is 6.40. The molecule has 0 radical (unpaired) electrons. The number of hydrogen-bond acceptors (Lipinski definition) is 5. The Balaban J connectivity index is 1.25. The van der Waals surface area contributed by atoms with Crippen LogP contribution in [0.15, 0.2) is 59.2 Å². The fourth-order valence-electron chi connectivity index (χ4n) is 4.62. The zero-order chi connectivity index (χ0) is 23.7. The number of amides is 1. The van der Waals surface area contributed by atoms with Crippen molar-refractivity contribution in [3.05, 3.63) is 71.2 Å². The first-order valence-electron chi connectivity index (χ1n) is 11.2. The lowest BCUT2D eigenvalue weighted by atomic mass is 9.75. The smallest absolute Gasteiger partial charge is 0.265 e. The number of fused-ring (bicyclic) bond motifs is 1.